The van der Waals surface area contributed by atoms with E-state index in [1.54, 1.807) is 17.0 Å². The largest absolute Gasteiger partial charge is 0.478 e. The molecule has 1 aromatic carbocycles. The van der Waals surface area contributed by atoms with Gasteiger partial charge in [-0.1, -0.05) is 11.6 Å². The highest BCUT2D eigenvalue weighted by Gasteiger charge is 2.25. The second-order valence-electron chi connectivity index (χ2n) is 6.78. The Balaban J connectivity index is 2.05. The van der Waals surface area contributed by atoms with E-state index in [2.05, 4.69) is 4.90 Å². The molecule has 0 saturated carbocycles. The van der Waals surface area contributed by atoms with Crippen LogP contribution in [-0.4, -0.2) is 53.8 Å². The van der Waals surface area contributed by atoms with Crippen molar-refractivity contribution in [2.45, 2.75) is 32.8 Å². The van der Waals surface area contributed by atoms with Crippen LogP contribution >= 0.6 is 11.6 Å². The number of halogens is 1. The van der Waals surface area contributed by atoms with Gasteiger partial charge in [0.15, 0.2) is 0 Å². The summed E-state index contributed by atoms with van der Waals surface area (Å²) in [5.74, 6) is -1.00. The second kappa shape index (κ2) is 7.30. The first-order valence-electron chi connectivity index (χ1n) is 7.93. The first kappa shape index (κ1) is 18.4. The standard InChI is InChI=1S/C17H23ClN2O4/c1-17(2,3)24-16(23)20-8-4-7-19(9-10-20)14-6-5-12(15(21)22)11-13(14)18/h5-6,11H,4,7-10H2,1-3H3,(H,21,22). The third-order valence-electron chi connectivity index (χ3n) is 3.68. The normalized spacial score (nSPS) is 15.8. The van der Waals surface area contributed by atoms with E-state index in [1.165, 1.54) is 6.07 Å². The van der Waals surface area contributed by atoms with Gasteiger partial charge < -0.3 is 19.6 Å². The van der Waals surface area contributed by atoms with Crippen LogP contribution in [0.15, 0.2) is 18.2 Å². The number of carboxylic acid groups (broad SMARTS) is 1. The number of ether oxygens (including phenoxy) is 1. The molecule has 132 valence electrons. The number of carbonyl (C=O) groups is 2. The molecule has 0 radical (unpaired) electrons. The first-order chi connectivity index (χ1) is 11.2. The van der Waals surface area contributed by atoms with Crippen molar-refractivity contribution in [1.29, 1.82) is 0 Å². The lowest BCUT2D eigenvalue weighted by molar-refractivity contribution is 0.0263. The number of rotatable bonds is 2. The number of anilines is 1. The molecule has 0 bridgehead atoms. The monoisotopic (exact) mass is 354 g/mol. The summed E-state index contributed by atoms with van der Waals surface area (Å²) in [5.41, 5.74) is 0.431. The Morgan fingerprint density at radius 2 is 1.88 bits per heavy atom. The average Bonchev–Trinajstić information content (AvgIpc) is 2.71. The molecule has 1 aliphatic rings. The Kier molecular flexibility index (Phi) is 5.59. The Morgan fingerprint density at radius 1 is 1.17 bits per heavy atom. The van der Waals surface area contributed by atoms with Gasteiger partial charge >= 0.3 is 12.1 Å². The molecule has 1 fully saturated rings. The molecular formula is C17H23ClN2O4. The Morgan fingerprint density at radius 3 is 2.46 bits per heavy atom. The number of carbonyl (C=O) groups excluding carboxylic acids is 1. The molecule has 1 aromatic rings. The van der Waals surface area contributed by atoms with Gasteiger partial charge in [-0.05, 0) is 45.4 Å². The van der Waals surface area contributed by atoms with E-state index in [0.717, 1.165) is 18.7 Å². The third kappa shape index (κ3) is 4.77. The fourth-order valence-corrected chi connectivity index (χ4v) is 2.86. The maximum Gasteiger partial charge on any atom is 0.410 e. The molecule has 0 atom stereocenters. The smallest absolute Gasteiger partial charge is 0.410 e. The molecule has 1 heterocycles. The van der Waals surface area contributed by atoms with Gasteiger partial charge in [0.25, 0.3) is 0 Å². The Hall–Kier alpha value is -1.95. The van der Waals surface area contributed by atoms with Crippen molar-refractivity contribution in [3.8, 4) is 0 Å². The maximum absolute atomic E-state index is 12.2. The molecule has 2 rings (SSSR count). The summed E-state index contributed by atoms with van der Waals surface area (Å²) >= 11 is 6.24. The number of hydrogen-bond donors (Lipinski definition) is 1. The predicted molar refractivity (Wildman–Crippen MR) is 93.0 cm³/mol. The minimum absolute atomic E-state index is 0.161. The third-order valence-corrected chi connectivity index (χ3v) is 3.99. The van der Waals surface area contributed by atoms with Crippen LogP contribution in [0.5, 0.6) is 0 Å². The molecule has 0 spiro atoms. The van der Waals surface area contributed by atoms with Crippen LogP contribution < -0.4 is 4.90 Å². The summed E-state index contributed by atoms with van der Waals surface area (Å²) in [5, 5.41) is 9.42. The first-order valence-corrected chi connectivity index (χ1v) is 8.31. The van der Waals surface area contributed by atoms with Crippen molar-refractivity contribution >= 4 is 29.4 Å². The van der Waals surface area contributed by atoms with Gasteiger partial charge in [-0.15, -0.1) is 0 Å². The summed E-state index contributed by atoms with van der Waals surface area (Å²) in [7, 11) is 0. The molecule has 1 saturated heterocycles. The van der Waals surface area contributed by atoms with Gasteiger partial charge in [-0.25, -0.2) is 9.59 Å². The van der Waals surface area contributed by atoms with Gasteiger partial charge in [0.05, 0.1) is 16.3 Å². The maximum atomic E-state index is 12.2. The van der Waals surface area contributed by atoms with Crippen LogP contribution in [0.3, 0.4) is 0 Å². The summed E-state index contributed by atoms with van der Waals surface area (Å²) in [6, 6.07) is 4.71. The lowest BCUT2D eigenvalue weighted by atomic mass is 10.2. The van der Waals surface area contributed by atoms with Gasteiger partial charge in [0, 0.05) is 26.2 Å². The fraction of sp³-hybridized carbons (Fsp3) is 0.529. The van der Waals surface area contributed by atoms with E-state index in [9.17, 15) is 9.59 Å². The highest BCUT2D eigenvalue weighted by atomic mass is 35.5. The lowest BCUT2D eigenvalue weighted by Crippen LogP contribution is -2.39. The van der Waals surface area contributed by atoms with Crippen LogP contribution in [-0.2, 0) is 4.74 Å². The summed E-state index contributed by atoms with van der Waals surface area (Å²) in [6.45, 7) is 8.05. The van der Waals surface area contributed by atoms with E-state index in [4.69, 9.17) is 21.4 Å². The molecule has 0 aliphatic carbocycles. The average molecular weight is 355 g/mol. The second-order valence-corrected chi connectivity index (χ2v) is 7.19. The van der Waals surface area contributed by atoms with Crippen LogP contribution in [0, 0.1) is 0 Å². The van der Waals surface area contributed by atoms with Gasteiger partial charge in [0.1, 0.15) is 5.60 Å². The van der Waals surface area contributed by atoms with E-state index >= 15 is 0 Å². The molecule has 6 nitrogen and oxygen atoms in total. The van der Waals surface area contributed by atoms with Gasteiger partial charge in [-0.2, -0.15) is 0 Å². The number of benzene rings is 1. The van der Waals surface area contributed by atoms with Crippen molar-refractivity contribution in [2.75, 3.05) is 31.1 Å². The molecule has 24 heavy (non-hydrogen) atoms. The molecule has 7 heteroatoms. The van der Waals surface area contributed by atoms with Crippen LogP contribution in [0.4, 0.5) is 10.5 Å². The number of nitrogens with zero attached hydrogens (tertiary/aromatic N) is 2. The Labute approximate surface area is 146 Å². The zero-order valence-corrected chi connectivity index (χ0v) is 15.0. The topological polar surface area (TPSA) is 70.1 Å². The molecular weight excluding hydrogens is 332 g/mol. The van der Waals surface area contributed by atoms with Crippen molar-refractivity contribution in [1.82, 2.24) is 4.90 Å². The number of hydrogen-bond acceptors (Lipinski definition) is 4. The van der Waals surface area contributed by atoms with Crippen molar-refractivity contribution in [3.05, 3.63) is 28.8 Å². The van der Waals surface area contributed by atoms with E-state index in [0.29, 0.717) is 24.7 Å². The highest BCUT2D eigenvalue weighted by Crippen LogP contribution is 2.28. The molecule has 0 unspecified atom stereocenters. The van der Waals surface area contributed by atoms with E-state index in [1.807, 2.05) is 20.8 Å². The summed E-state index contributed by atoms with van der Waals surface area (Å²) in [6.07, 6.45) is 0.479. The zero-order valence-electron chi connectivity index (χ0n) is 14.2. The molecule has 0 aromatic heterocycles. The van der Waals surface area contributed by atoms with E-state index < -0.39 is 11.6 Å². The van der Waals surface area contributed by atoms with Crippen LogP contribution in [0.1, 0.15) is 37.6 Å². The van der Waals surface area contributed by atoms with Gasteiger partial charge in [-0.3, -0.25) is 0 Å². The summed E-state index contributed by atoms with van der Waals surface area (Å²) in [4.78, 5) is 27.0. The molecule has 1 amide bonds. The SMILES string of the molecule is CC(C)(C)OC(=O)N1CCCN(c2ccc(C(=O)O)cc2Cl)CC1. The Bertz CT molecular complexity index is 628. The fourth-order valence-electron chi connectivity index (χ4n) is 2.56. The minimum atomic E-state index is -1.00. The van der Waals surface area contributed by atoms with E-state index in [-0.39, 0.29) is 11.7 Å². The predicted octanol–water partition coefficient (Wildman–Crippen LogP) is 3.49. The quantitative estimate of drug-likeness (QED) is 0.880. The van der Waals surface area contributed by atoms with Crippen molar-refractivity contribution in [3.63, 3.8) is 0 Å². The molecule has 1 N–H and O–H groups in total. The number of carboxylic acids is 1. The van der Waals surface area contributed by atoms with Gasteiger partial charge in [0.2, 0.25) is 0 Å². The number of aromatic carboxylic acids is 1. The number of amides is 1. The summed E-state index contributed by atoms with van der Waals surface area (Å²) < 4.78 is 5.42. The highest BCUT2D eigenvalue weighted by molar-refractivity contribution is 6.33. The molecule has 1 aliphatic heterocycles. The van der Waals surface area contributed by atoms with Crippen molar-refractivity contribution < 1.29 is 19.4 Å². The lowest BCUT2D eigenvalue weighted by Gasteiger charge is -2.27. The van der Waals surface area contributed by atoms with Crippen LogP contribution in [0.25, 0.3) is 0 Å². The van der Waals surface area contributed by atoms with Crippen LogP contribution in [0.2, 0.25) is 5.02 Å². The minimum Gasteiger partial charge on any atom is -0.478 e. The van der Waals surface area contributed by atoms with Crippen molar-refractivity contribution in [2.24, 2.45) is 0 Å². The zero-order chi connectivity index (χ0) is 17.9.